The van der Waals surface area contributed by atoms with E-state index in [0.29, 0.717) is 6.42 Å². The molecule has 0 saturated carbocycles. The average Bonchev–Trinajstić information content (AvgIpc) is 3.43. The second-order valence-corrected chi connectivity index (χ2v) is 10.1. The van der Waals surface area contributed by atoms with Gasteiger partial charge in [0.25, 0.3) is 0 Å². The van der Waals surface area contributed by atoms with E-state index in [0.717, 1.165) is 40.0 Å². The maximum Gasteiger partial charge on any atom is 0.342 e. The number of carbonyl (C=O) groups excluding carboxylic acids is 1. The van der Waals surface area contributed by atoms with Gasteiger partial charge in [0, 0.05) is 23.2 Å². The second-order valence-electron chi connectivity index (χ2n) is 8.10. The first-order chi connectivity index (χ1) is 15.7. The third-order valence-corrected chi connectivity index (χ3v) is 6.84. The van der Waals surface area contributed by atoms with Gasteiger partial charge in [-0.05, 0) is 56.2 Å². The molecule has 1 N–H and O–H groups in total. The molecule has 0 aliphatic rings. The highest BCUT2D eigenvalue weighted by Gasteiger charge is 2.18. The quantitative estimate of drug-likeness (QED) is 0.460. The maximum atomic E-state index is 12.9. The summed E-state index contributed by atoms with van der Waals surface area (Å²) in [6, 6.07) is 14.2. The van der Waals surface area contributed by atoms with Crippen LogP contribution in [-0.2, 0) is 16.3 Å². The van der Waals surface area contributed by atoms with Crippen LogP contribution in [0.3, 0.4) is 0 Å². The van der Waals surface area contributed by atoms with E-state index in [2.05, 4.69) is 15.5 Å². The van der Waals surface area contributed by atoms with Crippen molar-refractivity contribution in [1.82, 2.24) is 24.9 Å². The third-order valence-electron chi connectivity index (χ3n) is 5.71. The molecule has 33 heavy (non-hydrogen) atoms. The van der Waals surface area contributed by atoms with Crippen molar-refractivity contribution < 1.29 is 13.2 Å². The Kier molecular flexibility index (Phi) is 6.07. The van der Waals surface area contributed by atoms with E-state index >= 15 is 0 Å². The third kappa shape index (κ3) is 4.41. The number of amides is 1. The Hall–Kier alpha value is -3.46. The minimum atomic E-state index is -3.28. The van der Waals surface area contributed by atoms with E-state index in [1.54, 1.807) is 35.1 Å². The maximum absolute atomic E-state index is 12.9. The molecule has 2 heterocycles. The van der Waals surface area contributed by atoms with Gasteiger partial charge in [0.2, 0.25) is 0 Å². The summed E-state index contributed by atoms with van der Waals surface area (Å²) in [6.45, 7) is 6.00. The van der Waals surface area contributed by atoms with Gasteiger partial charge in [-0.25, -0.2) is 17.9 Å². The number of hydrogen-bond acceptors (Lipinski definition) is 5. The van der Waals surface area contributed by atoms with Gasteiger partial charge in [0.05, 0.1) is 33.7 Å². The smallest absolute Gasteiger partial charge is 0.334 e. The standard InChI is InChI=1S/C24H27N5O3S/c1-5-16(3)26-24(30)29-23-15-17(7-12-20(23)21(6-2)27-29)22-13-14-25-28(22)18-8-10-19(11-9-18)33(4,31)32/h7-16H,5-6H2,1-4H3,(H,26,30). The van der Waals surface area contributed by atoms with E-state index in [1.807, 2.05) is 45.0 Å². The first-order valence-electron chi connectivity index (χ1n) is 10.9. The van der Waals surface area contributed by atoms with Crippen LogP contribution in [0.5, 0.6) is 0 Å². The van der Waals surface area contributed by atoms with Gasteiger partial charge in [-0.15, -0.1) is 0 Å². The number of aryl methyl sites for hydroxylation is 1. The van der Waals surface area contributed by atoms with E-state index in [9.17, 15) is 13.2 Å². The lowest BCUT2D eigenvalue weighted by Crippen LogP contribution is -2.36. The minimum Gasteiger partial charge on any atom is -0.334 e. The number of hydrogen-bond donors (Lipinski definition) is 1. The molecule has 4 aromatic rings. The van der Waals surface area contributed by atoms with Crippen LogP contribution in [0.25, 0.3) is 27.8 Å². The van der Waals surface area contributed by atoms with E-state index in [4.69, 9.17) is 0 Å². The monoisotopic (exact) mass is 465 g/mol. The van der Waals surface area contributed by atoms with Crippen LogP contribution in [0.1, 0.15) is 32.9 Å². The summed E-state index contributed by atoms with van der Waals surface area (Å²) in [5.74, 6) is 0. The number of rotatable bonds is 6. The number of fused-ring (bicyclic) bond motifs is 1. The highest BCUT2D eigenvalue weighted by molar-refractivity contribution is 7.90. The van der Waals surface area contributed by atoms with Gasteiger partial charge in [-0.3, -0.25) is 0 Å². The summed E-state index contributed by atoms with van der Waals surface area (Å²) in [5.41, 5.74) is 4.01. The van der Waals surface area contributed by atoms with Crippen molar-refractivity contribution in [2.24, 2.45) is 0 Å². The Morgan fingerprint density at radius 1 is 1.09 bits per heavy atom. The number of benzene rings is 2. The molecule has 9 heteroatoms. The molecule has 1 amide bonds. The molecule has 2 aromatic heterocycles. The molecular formula is C24H27N5O3S. The zero-order valence-electron chi connectivity index (χ0n) is 19.1. The van der Waals surface area contributed by atoms with Crippen molar-refractivity contribution >= 4 is 26.8 Å². The molecule has 0 bridgehead atoms. The van der Waals surface area contributed by atoms with Gasteiger partial charge in [-0.1, -0.05) is 26.0 Å². The zero-order chi connectivity index (χ0) is 23.8. The van der Waals surface area contributed by atoms with Crippen molar-refractivity contribution in [2.45, 2.75) is 44.6 Å². The van der Waals surface area contributed by atoms with Crippen LogP contribution in [0.15, 0.2) is 59.6 Å². The molecule has 2 aromatic carbocycles. The zero-order valence-corrected chi connectivity index (χ0v) is 19.9. The van der Waals surface area contributed by atoms with Gasteiger partial charge < -0.3 is 5.32 Å². The van der Waals surface area contributed by atoms with Crippen LogP contribution in [-0.4, -0.2) is 46.3 Å². The summed E-state index contributed by atoms with van der Waals surface area (Å²) in [4.78, 5) is 13.1. The fourth-order valence-corrected chi connectivity index (χ4v) is 4.32. The number of carbonyl (C=O) groups is 1. The Balaban J connectivity index is 1.78. The molecule has 0 fully saturated rings. The predicted molar refractivity (Wildman–Crippen MR) is 128 cm³/mol. The van der Waals surface area contributed by atoms with Gasteiger partial charge in [-0.2, -0.15) is 14.9 Å². The van der Waals surface area contributed by atoms with E-state index in [-0.39, 0.29) is 17.0 Å². The summed E-state index contributed by atoms with van der Waals surface area (Å²) in [5, 5.41) is 12.9. The fourth-order valence-electron chi connectivity index (χ4n) is 3.69. The summed E-state index contributed by atoms with van der Waals surface area (Å²) < 4.78 is 26.7. The molecule has 8 nitrogen and oxygen atoms in total. The second kappa shape index (κ2) is 8.82. The van der Waals surface area contributed by atoms with E-state index in [1.165, 1.54) is 10.9 Å². The normalized spacial score (nSPS) is 12.7. The van der Waals surface area contributed by atoms with Crippen molar-refractivity contribution in [2.75, 3.05) is 6.26 Å². The summed E-state index contributed by atoms with van der Waals surface area (Å²) >= 11 is 0. The SMILES string of the molecule is CCc1nn(C(=O)NC(C)CC)c2cc(-c3ccnn3-c3ccc(S(C)(=O)=O)cc3)ccc12. The van der Waals surface area contributed by atoms with Crippen molar-refractivity contribution in [3.63, 3.8) is 0 Å². The van der Waals surface area contributed by atoms with Crippen LogP contribution in [0.2, 0.25) is 0 Å². The molecule has 0 radical (unpaired) electrons. The lowest BCUT2D eigenvalue weighted by molar-refractivity contribution is 0.237. The fraction of sp³-hybridized carbons (Fsp3) is 0.292. The van der Waals surface area contributed by atoms with Gasteiger partial charge >= 0.3 is 6.03 Å². The van der Waals surface area contributed by atoms with Crippen molar-refractivity contribution in [3.05, 3.63) is 60.4 Å². The Morgan fingerprint density at radius 2 is 1.82 bits per heavy atom. The van der Waals surface area contributed by atoms with Crippen LogP contribution in [0.4, 0.5) is 4.79 Å². The molecule has 172 valence electrons. The van der Waals surface area contributed by atoms with E-state index < -0.39 is 9.84 Å². The molecule has 1 unspecified atom stereocenters. The number of nitrogens with one attached hydrogen (secondary N) is 1. The van der Waals surface area contributed by atoms with Crippen molar-refractivity contribution in [1.29, 1.82) is 0 Å². The van der Waals surface area contributed by atoms with Crippen LogP contribution < -0.4 is 5.32 Å². The molecule has 0 saturated heterocycles. The molecule has 1 atom stereocenters. The topological polar surface area (TPSA) is 98.9 Å². The van der Waals surface area contributed by atoms with Crippen LogP contribution >= 0.6 is 0 Å². The van der Waals surface area contributed by atoms with Gasteiger partial charge in [0.1, 0.15) is 0 Å². The molecule has 0 spiro atoms. The molecule has 4 rings (SSSR count). The number of aromatic nitrogens is 4. The Morgan fingerprint density at radius 3 is 2.45 bits per heavy atom. The highest BCUT2D eigenvalue weighted by atomic mass is 32.2. The summed E-state index contributed by atoms with van der Waals surface area (Å²) in [6.07, 6.45) is 4.41. The van der Waals surface area contributed by atoms with Gasteiger partial charge in [0.15, 0.2) is 9.84 Å². The Bertz CT molecular complexity index is 1420. The number of nitrogens with zero attached hydrogens (tertiary/aromatic N) is 4. The lowest BCUT2D eigenvalue weighted by Gasteiger charge is -2.12. The van der Waals surface area contributed by atoms with Crippen LogP contribution in [0, 0.1) is 0 Å². The largest absolute Gasteiger partial charge is 0.342 e. The first-order valence-corrected chi connectivity index (χ1v) is 12.8. The average molecular weight is 466 g/mol. The summed E-state index contributed by atoms with van der Waals surface area (Å²) in [7, 11) is -3.28. The van der Waals surface area contributed by atoms with Crippen molar-refractivity contribution in [3.8, 4) is 16.9 Å². The lowest BCUT2D eigenvalue weighted by atomic mass is 10.1. The molecule has 0 aliphatic heterocycles. The molecule has 0 aliphatic carbocycles. The minimum absolute atomic E-state index is 0.0429. The predicted octanol–water partition coefficient (Wildman–Crippen LogP) is 4.21. The number of sulfone groups is 1. The highest BCUT2D eigenvalue weighted by Crippen LogP contribution is 2.28. The Labute approximate surface area is 193 Å². The molecular weight excluding hydrogens is 438 g/mol. The first kappa shape index (κ1) is 22.7.